The Bertz CT molecular complexity index is 1210. The van der Waals surface area contributed by atoms with Gasteiger partial charge in [0, 0.05) is 25.3 Å². The third kappa shape index (κ3) is 3.48. The second-order valence-electron chi connectivity index (χ2n) is 6.49. The highest BCUT2D eigenvalue weighted by atomic mass is 32.1. The van der Waals surface area contributed by atoms with Gasteiger partial charge >= 0.3 is 0 Å². The van der Waals surface area contributed by atoms with Gasteiger partial charge in [-0.2, -0.15) is 9.50 Å². The second-order valence-corrected chi connectivity index (χ2v) is 7.50. The van der Waals surface area contributed by atoms with Crippen molar-refractivity contribution < 1.29 is 4.74 Å². The molecule has 0 amide bonds. The molecule has 2 aromatic heterocycles. The summed E-state index contributed by atoms with van der Waals surface area (Å²) in [7, 11) is 3.99. The van der Waals surface area contributed by atoms with Crippen molar-refractivity contribution >= 4 is 28.1 Å². The first-order chi connectivity index (χ1) is 13.5. The lowest BCUT2D eigenvalue weighted by Crippen LogP contribution is -2.23. The van der Waals surface area contributed by atoms with Crippen LogP contribution in [-0.2, 0) is 0 Å². The largest absolute Gasteiger partial charge is 0.494 e. The molecule has 0 radical (unpaired) electrons. The molecule has 0 spiro atoms. The lowest BCUT2D eigenvalue weighted by Gasteiger charge is -2.11. The third-order valence-electron chi connectivity index (χ3n) is 4.31. The fraction of sp³-hybridized carbons (Fsp3) is 0.190. The van der Waals surface area contributed by atoms with Crippen LogP contribution in [0.25, 0.3) is 22.4 Å². The number of benzene rings is 2. The summed E-state index contributed by atoms with van der Waals surface area (Å²) in [5, 5.41) is 4.39. The molecule has 0 saturated heterocycles. The average molecular weight is 392 g/mol. The average Bonchev–Trinajstić information content (AvgIpc) is 3.23. The van der Waals surface area contributed by atoms with Crippen LogP contribution in [0.3, 0.4) is 0 Å². The van der Waals surface area contributed by atoms with Gasteiger partial charge in [0.05, 0.1) is 11.1 Å². The Hall–Kier alpha value is -3.19. The van der Waals surface area contributed by atoms with Crippen LogP contribution in [0.5, 0.6) is 5.75 Å². The molecular formula is C21H20N4O2S. The number of thiazole rings is 1. The molecule has 2 heterocycles. The Morgan fingerprint density at radius 2 is 1.82 bits per heavy atom. The Morgan fingerprint density at radius 3 is 2.43 bits per heavy atom. The first kappa shape index (κ1) is 18.2. The quantitative estimate of drug-likeness (QED) is 0.523. The molecule has 142 valence electrons. The van der Waals surface area contributed by atoms with Crippen LogP contribution >= 0.6 is 11.3 Å². The molecule has 2 aromatic carbocycles. The number of ether oxygens (including phenoxy) is 1. The molecule has 0 aliphatic heterocycles. The fourth-order valence-corrected chi connectivity index (χ4v) is 3.75. The van der Waals surface area contributed by atoms with Crippen LogP contribution in [0, 0.1) is 0 Å². The predicted molar refractivity (Wildman–Crippen MR) is 113 cm³/mol. The first-order valence-electron chi connectivity index (χ1n) is 8.97. The van der Waals surface area contributed by atoms with E-state index in [1.807, 2.05) is 80.5 Å². The molecule has 6 nitrogen and oxygen atoms in total. The van der Waals surface area contributed by atoms with Gasteiger partial charge in [-0.15, -0.1) is 5.10 Å². The minimum Gasteiger partial charge on any atom is -0.494 e. The van der Waals surface area contributed by atoms with Gasteiger partial charge < -0.3 is 9.64 Å². The molecule has 0 atom stereocenters. The summed E-state index contributed by atoms with van der Waals surface area (Å²) < 4.78 is 7.44. The summed E-state index contributed by atoms with van der Waals surface area (Å²) in [4.78, 5) is 19.8. The molecule has 0 N–H and O–H groups in total. The zero-order valence-corrected chi connectivity index (χ0v) is 16.7. The lowest BCUT2D eigenvalue weighted by molar-refractivity contribution is 0.340. The van der Waals surface area contributed by atoms with E-state index in [9.17, 15) is 4.79 Å². The van der Waals surface area contributed by atoms with Gasteiger partial charge in [-0.1, -0.05) is 23.5 Å². The molecule has 0 aliphatic carbocycles. The van der Waals surface area contributed by atoms with E-state index >= 15 is 0 Å². The maximum absolute atomic E-state index is 12.7. The Balaban J connectivity index is 1.67. The zero-order valence-electron chi connectivity index (χ0n) is 15.9. The van der Waals surface area contributed by atoms with Crippen molar-refractivity contribution in [1.29, 1.82) is 0 Å². The summed E-state index contributed by atoms with van der Waals surface area (Å²) in [5.74, 6) is 1.34. The Labute approximate surface area is 166 Å². The van der Waals surface area contributed by atoms with Crippen LogP contribution < -0.4 is 19.7 Å². The molecule has 0 fully saturated rings. The molecule has 4 rings (SSSR count). The maximum atomic E-state index is 12.7. The van der Waals surface area contributed by atoms with Crippen molar-refractivity contribution in [3.8, 4) is 17.1 Å². The standard InChI is InChI=1S/C21H20N4O2S/c1-4-27-17-11-7-15(8-12-17)19-22-21-25(23-19)20(26)18(28-21)13-14-5-9-16(10-6-14)24(2)3/h5-13H,4H2,1-3H3. The van der Waals surface area contributed by atoms with Gasteiger partial charge in [-0.3, -0.25) is 4.79 Å². The molecule has 4 aromatic rings. The summed E-state index contributed by atoms with van der Waals surface area (Å²) in [6.07, 6.45) is 1.87. The molecule has 0 saturated carbocycles. The summed E-state index contributed by atoms with van der Waals surface area (Å²) >= 11 is 1.34. The van der Waals surface area contributed by atoms with Crippen molar-refractivity contribution in [3.05, 3.63) is 69.0 Å². The first-order valence-corrected chi connectivity index (χ1v) is 9.78. The fourth-order valence-electron chi connectivity index (χ4n) is 2.84. The highest BCUT2D eigenvalue weighted by Gasteiger charge is 2.12. The van der Waals surface area contributed by atoms with Crippen molar-refractivity contribution in [1.82, 2.24) is 14.6 Å². The molecule has 0 unspecified atom stereocenters. The SMILES string of the molecule is CCOc1ccc(-c2nc3sc(=Cc4ccc(N(C)C)cc4)c(=O)n3n2)cc1. The van der Waals surface area contributed by atoms with E-state index in [2.05, 4.69) is 10.1 Å². The minimum absolute atomic E-state index is 0.152. The smallest absolute Gasteiger partial charge is 0.291 e. The van der Waals surface area contributed by atoms with Gasteiger partial charge in [-0.05, 0) is 55.0 Å². The van der Waals surface area contributed by atoms with E-state index < -0.39 is 0 Å². The van der Waals surface area contributed by atoms with E-state index in [-0.39, 0.29) is 5.56 Å². The highest BCUT2D eigenvalue weighted by molar-refractivity contribution is 7.15. The van der Waals surface area contributed by atoms with E-state index in [1.54, 1.807) is 0 Å². The summed E-state index contributed by atoms with van der Waals surface area (Å²) in [6, 6.07) is 15.6. The van der Waals surface area contributed by atoms with E-state index in [0.717, 1.165) is 22.6 Å². The topological polar surface area (TPSA) is 59.7 Å². The normalized spacial score (nSPS) is 11.9. The number of anilines is 1. The molecule has 0 aliphatic rings. The monoisotopic (exact) mass is 392 g/mol. The highest BCUT2D eigenvalue weighted by Crippen LogP contribution is 2.20. The molecule has 28 heavy (non-hydrogen) atoms. The van der Waals surface area contributed by atoms with Crippen LogP contribution in [0.15, 0.2) is 53.3 Å². The van der Waals surface area contributed by atoms with Crippen LogP contribution in [0.1, 0.15) is 12.5 Å². The molecular weight excluding hydrogens is 372 g/mol. The van der Waals surface area contributed by atoms with E-state index in [1.165, 1.54) is 15.9 Å². The van der Waals surface area contributed by atoms with Crippen molar-refractivity contribution in [2.24, 2.45) is 0 Å². The molecule has 0 bridgehead atoms. The van der Waals surface area contributed by atoms with Gasteiger partial charge in [0.15, 0.2) is 5.82 Å². The maximum Gasteiger partial charge on any atom is 0.291 e. The number of hydrogen-bond donors (Lipinski definition) is 0. The minimum atomic E-state index is -0.152. The summed E-state index contributed by atoms with van der Waals surface area (Å²) in [6.45, 7) is 2.56. The molecule has 7 heteroatoms. The zero-order chi connectivity index (χ0) is 19.7. The number of rotatable bonds is 5. The number of aromatic nitrogens is 3. The number of hydrogen-bond acceptors (Lipinski definition) is 6. The summed E-state index contributed by atoms with van der Waals surface area (Å²) in [5.41, 5.74) is 2.78. The Morgan fingerprint density at radius 1 is 1.11 bits per heavy atom. The van der Waals surface area contributed by atoms with E-state index in [4.69, 9.17) is 4.74 Å². The lowest BCUT2D eigenvalue weighted by atomic mass is 10.2. The van der Waals surface area contributed by atoms with Crippen LogP contribution in [-0.4, -0.2) is 35.3 Å². The van der Waals surface area contributed by atoms with Crippen LogP contribution in [0.4, 0.5) is 5.69 Å². The van der Waals surface area contributed by atoms with E-state index in [0.29, 0.717) is 21.9 Å². The van der Waals surface area contributed by atoms with Crippen molar-refractivity contribution in [2.75, 3.05) is 25.6 Å². The number of nitrogens with zero attached hydrogens (tertiary/aromatic N) is 4. The second kappa shape index (κ2) is 7.44. The number of fused-ring (bicyclic) bond motifs is 1. The van der Waals surface area contributed by atoms with Gasteiger partial charge in [-0.25, -0.2) is 0 Å². The van der Waals surface area contributed by atoms with Gasteiger partial charge in [0.25, 0.3) is 5.56 Å². The van der Waals surface area contributed by atoms with Crippen molar-refractivity contribution in [3.63, 3.8) is 0 Å². The Kier molecular flexibility index (Phi) is 4.83. The predicted octanol–water partition coefficient (Wildman–Crippen LogP) is 2.83. The third-order valence-corrected chi connectivity index (χ3v) is 5.27. The van der Waals surface area contributed by atoms with Gasteiger partial charge in [0.2, 0.25) is 4.96 Å². The van der Waals surface area contributed by atoms with Crippen LogP contribution in [0.2, 0.25) is 0 Å². The van der Waals surface area contributed by atoms with Gasteiger partial charge in [0.1, 0.15) is 5.75 Å². The van der Waals surface area contributed by atoms with Crippen molar-refractivity contribution in [2.45, 2.75) is 6.92 Å².